The first-order valence-electron chi connectivity index (χ1n) is 7.16. The van der Waals surface area contributed by atoms with Gasteiger partial charge in [0.2, 0.25) is 0 Å². The van der Waals surface area contributed by atoms with E-state index in [4.69, 9.17) is 0 Å². The Hall–Kier alpha value is 0.371. The Labute approximate surface area is 176 Å². The summed E-state index contributed by atoms with van der Waals surface area (Å²) in [5.74, 6) is 0.623. The molecule has 23 heavy (non-hydrogen) atoms. The molecule has 0 unspecified atom stereocenters. The second kappa shape index (κ2) is 11.1. The van der Waals surface area contributed by atoms with Crippen LogP contribution in [-0.4, -0.2) is 8.07 Å². The maximum absolute atomic E-state index is 2.46. The SMILES string of the molecule is Cc1cc(C)cc([Si](C)(C)[c-]2ccc(C(C)C)c2)c1.[Cl-].[Cl-].[Cl-].[Ti+4]. The van der Waals surface area contributed by atoms with Gasteiger partial charge >= 0.3 is 21.7 Å². The van der Waals surface area contributed by atoms with Crippen LogP contribution in [0.15, 0.2) is 36.4 Å². The Morgan fingerprint density at radius 3 is 1.78 bits per heavy atom. The number of hydrogen-bond donors (Lipinski definition) is 0. The third kappa shape index (κ3) is 6.65. The molecule has 0 saturated carbocycles. The molecule has 0 spiro atoms. The van der Waals surface area contributed by atoms with Crippen LogP contribution >= 0.6 is 0 Å². The minimum Gasteiger partial charge on any atom is -1.00 e. The number of benzene rings is 1. The van der Waals surface area contributed by atoms with Gasteiger partial charge in [-0.25, -0.2) is 6.07 Å². The van der Waals surface area contributed by atoms with Crippen molar-refractivity contribution in [3.8, 4) is 0 Å². The molecule has 0 bridgehead atoms. The van der Waals surface area contributed by atoms with Gasteiger partial charge in [-0.15, -0.1) is 0 Å². The van der Waals surface area contributed by atoms with Crippen LogP contribution in [0.2, 0.25) is 13.1 Å². The van der Waals surface area contributed by atoms with E-state index in [9.17, 15) is 0 Å². The van der Waals surface area contributed by atoms with E-state index in [1.165, 1.54) is 16.7 Å². The summed E-state index contributed by atoms with van der Waals surface area (Å²) in [5, 5.41) is 3.10. The van der Waals surface area contributed by atoms with Crippen molar-refractivity contribution in [3.05, 3.63) is 53.1 Å². The van der Waals surface area contributed by atoms with Gasteiger partial charge in [0.25, 0.3) is 0 Å². The normalized spacial score (nSPS) is 10.0. The zero-order chi connectivity index (χ0) is 14.2. The van der Waals surface area contributed by atoms with Gasteiger partial charge in [0, 0.05) is 0 Å². The smallest absolute Gasteiger partial charge is 1.00 e. The topological polar surface area (TPSA) is 0 Å². The average molecular weight is 424 g/mol. The molecule has 5 heteroatoms. The van der Waals surface area contributed by atoms with E-state index in [-0.39, 0.29) is 58.9 Å². The van der Waals surface area contributed by atoms with Crippen LogP contribution in [0.4, 0.5) is 0 Å². The maximum Gasteiger partial charge on any atom is 4.00 e. The number of aryl methyl sites for hydroxylation is 2. The molecule has 0 atom stereocenters. The number of rotatable bonds is 3. The molecule has 0 nitrogen and oxygen atoms in total. The summed E-state index contributed by atoms with van der Waals surface area (Å²) in [7, 11) is -1.54. The van der Waals surface area contributed by atoms with Crippen LogP contribution in [0.3, 0.4) is 0 Å². The van der Waals surface area contributed by atoms with E-state index in [1.54, 1.807) is 10.4 Å². The molecule has 2 aromatic carbocycles. The molecule has 0 aromatic heterocycles. The molecule has 0 radical (unpaired) electrons. The minimum atomic E-state index is -1.54. The van der Waals surface area contributed by atoms with Crippen molar-refractivity contribution in [3.63, 3.8) is 0 Å². The van der Waals surface area contributed by atoms with Crippen molar-refractivity contribution < 1.29 is 58.9 Å². The van der Waals surface area contributed by atoms with E-state index >= 15 is 0 Å². The monoisotopic (exact) mass is 422 g/mol. The fourth-order valence-electron chi connectivity index (χ4n) is 2.71. The zero-order valence-corrected chi connectivity index (χ0v) is 19.5. The summed E-state index contributed by atoms with van der Waals surface area (Å²) in [6.45, 7) is 13.9. The fourth-order valence-corrected chi connectivity index (χ4v) is 5.25. The van der Waals surface area contributed by atoms with Crippen LogP contribution in [0, 0.1) is 13.8 Å². The zero-order valence-electron chi connectivity index (χ0n) is 14.7. The van der Waals surface area contributed by atoms with Gasteiger partial charge in [-0.3, -0.25) is 0 Å². The second-order valence-corrected chi connectivity index (χ2v) is 11.0. The fraction of sp³-hybridized carbons (Fsp3) is 0.389. The largest absolute Gasteiger partial charge is 4.00 e. The molecule has 0 aliphatic carbocycles. The molecule has 0 aliphatic rings. The summed E-state index contributed by atoms with van der Waals surface area (Å²) < 4.78 is 0. The Bertz CT molecular complexity index is 571. The molecule has 126 valence electrons. The molecule has 0 amide bonds. The van der Waals surface area contributed by atoms with E-state index in [2.05, 4.69) is 77.2 Å². The Kier molecular flexibility index (Phi) is 13.6. The van der Waals surface area contributed by atoms with E-state index in [1.807, 2.05) is 0 Å². The van der Waals surface area contributed by atoms with Gasteiger partial charge in [0.1, 0.15) is 0 Å². The van der Waals surface area contributed by atoms with Crippen molar-refractivity contribution in [1.29, 1.82) is 0 Å². The molecule has 2 rings (SSSR count). The van der Waals surface area contributed by atoms with Gasteiger partial charge < -0.3 is 37.2 Å². The Morgan fingerprint density at radius 1 is 0.913 bits per heavy atom. The molecule has 0 aliphatic heterocycles. The van der Waals surface area contributed by atoms with Gasteiger partial charge in [-0.05, 0) is 13.8 Å². The average Bonchev–Trinajstić information content (AvgIpc) is 2.77. The van der Waals surface area contributed by atoms with Gasteiger partial charge in [-0.2, -0.15) is 22.9 Å². The van der Waals surface area contributed by atoms with E-state index in [0.29, 0.717) is 5.92 Å². The molecule has 2 aromatic rings. The molecule has 0 N–H and O–H groups in total. The minimum absolute atomic E-state index is 0. The van der Waals surface area contributed by atoms with Crippen LogP contribution in [0.1, 0.15) is 36.5 Å². The predicted molar refractivity (Wildman–Crippen MR) is 88.8 cm³/mol. The van der Waals surface area contributed by atoms with E-state index < -0.39 is 8.07 Å². The van der Waals surface area contributed by atoms with Crippen molar-refractivity contribution in [1.82, 2.24) is 0 Å². The first kappa shape index (κ1) is 28.2. The molecule has 0 heterocycles. The quantitative estimate of drug-likeness (QED) is 0.343. The molecular weight excluding hydrogens is 399 g/mol. The first-order valence-corrected chi connectivity index (χ1v) is 10.2. The van der Waals surface area contributed by atoms with Gasteiger partial charge in [0.05, 0.1) is 8.07 Å². The van der Waals surface area contributed by atoms with Crippen LogP contribution in [-0.2, 0) is 21.7 Å². The van der Waals surface area contributed by atoms with Gasteiger partial charge in [0.15, 0.2) is 0 Å². The molecular formula is C18H25Cl3SiTi. The number of halogens is 3. The first-order chi connectivity index (χ1) is 8.80. The standard InChI is InChI=1S/C18H25Si.3ClH.Ti/c1-13(2)16-7-8-17(12-16)19(5,6)18-10-14(3)9-15(4)11-18;;;;/h7-13H,1-6H3;3*1H;/q-1;;;;+4/p-3. The summed E-state index contributed by atoms with van der Waals surface area (Å²) in [6, 6.07) is 14.1. The summed E-state index contributed by atoms with van der Waals surface area (Å²) in [5.41, 5.74) is 4.23. The number of hydrogen-bond acceptors (Lipinski definition) is 0. The predicted octanol–water partition coefficient (Wildman–Crippen LogP) is -5.02. The van der Waals surface area contributed by atoms with Crippen LogP contribution in [0.25, 0.3) is 0 Å². The van der Waals surface area contributed by atoms with Crippen LogP contribution < -0.4 is 47.6 Å². The Morgan fingerprint density at radius 2 is 1.39 bits per heavy atom. The van der Waals surface area contributed by atoms with Gasteiger partial charge in [-0.1, -0.05) is 67.4 Å². The van der Waals surface area contributed by atoms with Crippen molar-refractivity contribution in [2.45, 2.75) is 46.7 Å². The maximum atomic E-state index is 2.46. The van der Waals surface area contributed by atoms with E-state index in [0.717, 1.165) is 0 Å². The van der Waals surface area contributed by atoms with Crippen molar-refractivity contribution >= 4 is 18.4 Å². The Balaban J connectivity index is -0.000001000. The third-order valence-electron chi connectivity index (χ3n) is 4.11. The second-order valence-electron chi connectivity index (χ2n) is 6.59. The van der Waals surface area contributed by atoms with Crippen molar-refractivity contribution in [2.24, 2.45) is 0 Å². The molecule has 0 saturated heterocycles. The third-order valence-corrected chi connectivity index (χ3v) is 7.60. The van der Waals surface area contributed by atoms with Crippen molar-refractivity contribution in [2.75, 3.05) is 0 Å². The molecule has 0 fully saturated rings. The summed E-state index contributed by atoms with van der Waals surface area (Å²) >= 11 is 0. The summed E-state index contributed by atoms with van der Waals surface area (Å²) in [6.07, 6.45) is 0. The summed E-state index contributed by atoms with van der Waals surface area (Å²) in [4.78, 5) is 0. The van der Waals surface area contributed by atoms with Crippen LogP contribution in [0.5, 0.6) is 0 Å².